The first-order valence-corrected chi connectivity index (χ1v) is 9.10. The second-order valence-electron chi connectivity index (χ2n) is 6.53. The Morgan fingerprint density at radius 3 is 2.37 bits per heavy atom. The molecule has 0 aliphatic heterocycles. The van der Waals surface area contributed by atoms with Gasteiger partial charge in [0.25, 0.3) is 0 Å². The van der Waals surface area contributed by atoms with Crippen LogP contribution in [0.25, 0.3) is 22.2 Å². The molecule has 0 saturated carbocycles. The number of H-pyrrole nitrogens is 1. The monoisotopic (exact) mass is 355 g/mol. The molecular formula is C24H21NO2. The first-order chi connectivity index (χ1) is 13.2. The van der Waals surface area contributed by atoms with Gasteiger partial charge in [-0.1, -0.05) is 61.5 Å². The van der Waals surface area contributed by atoms with Crippen LogP contribution in [-0.2, 0) is 6.42 Å². The number of aromatic amines is 1. The number of ether oxygens (including phenoxy) is 1. The zero-order valence-electron chi connectivity index (χ0n) is 15.5. The summed E-state index contributed by atoms with van der Waals surface area (Å²) in [5.74, 6) is 0.737. The highest BCUT2D eigenvalue weighted by atomic mass is 16.5. The second-order valence-corrected chi connectivity index (χ2v) is 6.53. The van der Waals surface area contributed by atoms with Gasteiger partial charge in [-0.2, -0.15) is 0 Å². The van der Waals surface area contributed by atoms with E-state index in [0.717, 1.165) is 34.3 Å². The van der Waals surface area contributed by atoms with Crippen molar-refractivity contribution in [1.82, 2.24) is 4.98 Å². The molecule has 0 aliphatic rings. The summed E-state index contributed by atoms with van der Waals surface area (Å²) in [5, 5.41) is 0.873. The standard InChI is InChI=1S/C24H21NO2/c1-3-16-9-11-17(12-10-16)23-22(24(26)18-7-5-4-6-8-18)20-15-19(27-2)13-14-21(20)25-23/h4-15,25H,3H2,1-2H3. The summed E-state index contributed by atoms with van der Waals surface area (Å²) >= 11 is 0. The number of methoxy groups -OCH3 is 1. The number of carbonyl (C=O) groups is 1. The van der Waals surface area contributed by atoms with Crippen LogP contribution >= 0.6 is 0 Å². The maximum Gasteiger partial charge on any atom is 0.195 e. The lowest BCUT2D eigenvalue weighted by Crippen LogP contribution is -2.02. The van der Waals surface area contributed by atoms with Gasteiger partial charge in [-0.05, 0) is 35.7 Å². The van der Waals surface area contributed by atoms with Crippen LogP contribution < -0.4 is 4.74 Å². The molecule has 0 bridgehead atoms. The number of hydrogen-bond donors (Lipinski definition) is 1. The number of ketones is 1. The van der Waals surface area contributed by atoms with E-state index in [1.165, 1.54) is 5.56 Å². The number of aromatic nitrogens is 1. The second kappa shape index (κ2) is 7.12. The van der Waals surface area contributed by atoms with Gasteiger partial charge in [0.05, 0.1) is 18.4 Å². The highest BCUT2D eigenvalue weighted by Gasteiger charge is 2.21. The van der Waals surface area contributed by atoms with Gasteiger partial charge in [-0.3, -0.25) is 4.79 Å². The molecule has 1 N–H and O–H groups in total. The van der Waals surface area contributed by atoms with Gasteiger partial charge < -0.3 is 9.72 Å². The lowest BCUT2D eigenvalue weighted by Gasteiger charge is -2.06. The molecule has 27 heavy (non-hydrogen) atoms. The van der Waals surface area contributed by atoms with E-state index in [1.54, 1.807) is 7.11 Å². The van der Waals surface area contributed by atoms with E-state index >= 15 is 0 Å². The van der Waals surface area contributed by atoms with Crippen molar-refractivity contribution in [1.29, 1.82) is 0 Å². The van der Waals surface area contributed by atoms with E-state index in [9.17, 15) is 4.79 Å². The Morgan fingerprint density at radius 2 is 1.70 bits per heavy atom. The van der Waals surface area contributed by atoms with E-state index in [4.69, 9.17) is 4.74 Å². The largest absolute Gasteiger partial charge is 0.497 e. The molecule has 0 fully saturated rings. The molecule has 0 atom stereocenters. The Bertz CT molecular complexity index is 1090. The SMILES string of the molecule is CCc1ccc(-c2[nH]c3ccc(OC)cc3c2C(=O)c2ccccc2)cc1. The van der Waals surface area contributed by atoms with Crippen LogP contribution in [0, 0.1) is 0 Å². The third kappa shape index (κ3) is 3.13. The quantitative estimate of drug-likeness (QED) is 0.471. The molecule has 3 heteroatoms. The van der Waals surface area contributed by atoms with Crippen LogP contribution in [0.2, 0.25) is 0 Å². The van der Waals surface area contributed by atoms with Crippen LogP contribution in [-0.4, -0.2) is 17.9 Å². The Morgan fingerprint density at radius 1 is 0.963 bits per heavy atom. The van der Waals surface area contributed by atoms with Crippen LogP contribution in [0.4, 0.5) is 0 Å². The molecular weight excluding hydrogens is 334 g/mol. The number of rotatable bonds is 5. The predicted octanol–water partition coefficient (Wildman–Crippen LogP) is 5.64. The predicted molar refractivity (Wildman–Crippen MR) is 110 cm³/mol. The molecule has 0 amide bonds. The molecule has 0 unspecified atom stereocenters. The number of fused-ring (bicyclic) bond motifs is 1. The molecule has 0 aliphatic carbocycles. The molecule has 4 aromatic rings. The van der Waals surface area contributed by atoms with Crippen molar-refractivity contribution in [2.24, 2.45) is 0 Å². The van der Waals surface area contributed by atoms with Gasteiger partial charge in [0.2, 0.25) is 0 Å². The molecule has 1 heterocycles. The average molecular weight is 355 g/mol. The third-order valence-corrected chi connectivity index (χ3v) is 4.92. The Kier molecular flexibility index (Phi) is 4.51. The van der Waals surface area contributed by atoms with Gasteiger partial charge in [0, 0.05) is 16.5 Å². The summed E-state index contributed by atoms with van der Waals surface area (Å²) in [5.41, 5.74) is 5.39. The van der Waals surface area contributed by atoms with Crippen LogP contribution in [0.3, 0.4) is 0 Å². The third-order valence-electron chi connectivity index (χ3n) is 4.92. The molecule has 0 spiro atoms. The zero-order chi connectivity index (χ0) is 18.8. The molecule has 3 nitrogen and oxygen atoms in total. The lowest BCUT2D eigenvalue weighted by atomic mass is 9.96. The van der Waals surface area contributed by atoms with Crippen molar-refractivity contribution >= 4 is 16.7 Å². The number of aryl methyl sites for hydroxylation is 1. The molecule has 134 valence electrons. The minimum Gasteiger partial charge on any atom is -0.497 e. The van der Waals surface area contributed by atoms with Gasteiger partial charge in [-0.25, -0.2) is 0 Å². The number of benzene rings is 3. The maximum absolute atomic E-state index is 13.4. The topological polar surface area (TPSA) is 42.1 Å². The van der Waals surface area contributed by atoms with Crippen molar-refractivity contribution < 1.29 is 9.53 Å². The first-order valence-electron chi connectivity index (χ1n) is 9.10. The normalized spacial score (nSPS) is 10.9. The van der Waals surface area contributed by atoms with Crippen LogP contribution in [0.1, 0.15) is 28.4 Å². The minimum atomic E-state index is 0.00433. The summed E-state index contributed by atoms with van der Waals surface area (Å²) in [6.45, 7) is 2.13. The summed E-state index contributed by atoms with van der Waals surface area (Å²) in [4.78, 5) is 16.8. The Balaban J connectivity index is 1.95. The molecule has 0 saturated heterocycles. The first kappa shape index (κ1) is 17.1. The molecule has 3 aromatic carbocycles. The molecule has 4 rings (SSSR count). The van der Waals surface area contributed by atoms with Gasteiger partial charge in [0.1, 0.15) is 5.75 Å². The van der Waals surface area contributed by atoms with E-state index in [-0.39, 0.29) is 5.78 Å². The van der Waals surface area contributed by atoms with E-state index < -0.39 is 0 Å². The Labute approximate surface area is 158 Å². The van der Waals surface area contributed by atoms with Crippen LogP contribution in [0.5, 0.6) is 5.75 Å². The zero-order valence-corrected chi connectivity index (χ0v) is 15.5. The highest BCUT2D eigenvalue weighted by molar-refractivity contribution is 6.20. The minimum absolute atomic E-state index is 0.00433. The lowest BCUT2D eigenvalue weighted by molar-refractivity contribution is 0.104. The fourth-order valence-corrected chi connectivity index (χ4v) is 3.39. The smallest absolute Gasteiger partial charge is 0.195 e. The highest BCUT2D eigenvalue weighted by Crippen LogP contribution is 2.34. The van der Waals surface area contributed by atoms with E-state index in [2.05, 4.69) is 36.2 Å². The van der Waals surface area contributed by atoms with Crippen molar-refractivity contribution in [2.45, 2.75) is 13.3 Å². The van der Waals surface area contributed by atoms with Crippen molar-refractivity contribution in [3.05, 3.63) is 89.5 Å². The fraction of sp³-hybridized carbons (Fsp3) is 0.125. The molecule has 0 radical (unpaired) electrons. The van der Waals surface area contributed by atoms with Gasteiger partial charge in [-0.15, -0.1) is 0 Å². The summed E-state index contributed by atoms with van der Waals surface area (Å²) < 4.78 is 5.38. The summed E-state index contributed by atoms with van der Waals surface area (Å²) in [6.07, 6.45) is 0.986. The van der Waals surface area contributed by atoms with Gasteiger partial charge >= 0.3 is 0 Å². The molecule has 1 aromatic heterocycles. The number of nitrogens with one attached hydrogen (secondary N) is 1. The fourth-order valence-electron chi connectivity index (χ4n) is 3.39. The number of hydrogen-bond acceptors (Lipinski definition) is 2. The summed E-state index contributed by atoms with van der Waals surface area (Å²) in [7, 11) is 1.64. The van der Waals surface area contributed by atoms with Crippen molar-refractivity contribution in [3.8, 4) is 17.0 Å². The van der Waals surface area contributed by atoms with Crippen molar-refractivity contribution in [2.75, 3.05) is 7.11 Å². The average Bonchev–Trinajstić information content (AvgIpc) is 3.12. The van der Waals surface area contributed by atoms with E-state index in [0.29, 0.717) is 11.1 Å². The number of carbonyl (C=O) groups excluding carboxylic acids is 1. The summed E-state index contributed by atoms with van der Waals surface area (Å²) in [6, 6.07) is 23.5. The maximum atomic E-state index is 13.4. The Hall–Kier alpha value is -3.33. The van der Waals surface area contributed by atoms with Crippen LogP contribution in [0.15, 0.2) is 72.8 Å². The van der Waals surface area contributed by atoms with E-state index in [1.807, 2.05) is 48.5 Å². The van der Waals surface area contributed by atoms with Gasteiger partial charge in [0.15, 0.2) is 5.78 Å². The van der Waals surface area contributed by atoms with Crippen molar-refractivity contribution in [3.63, 3.8) is 0 Å².